The van der Waals surface area contributed by atoms with E-state index in [1.807, 2.05) is 24.3 Å². The molecule has 0 fully saturated rings. The summed E-state index contributed by atoms with van der Waals surface area (Å²) in [5.41, 5.74) is 13.1. The van der Waals surface area contributed by atoms with Gasteiger partial charge in [0, 0.05) is 22.4 Å². The largest absolute Gasteiger partial charge is 0.310 e. The maximum atomic E-state index is 7.98. The molecule has 212 valence electrons. The Hall–Kier alpha value is -5.40. The van der Waals surface area contributed by atoms with E-state index in [0.717, 1.165) is 39.3 Å². The highest BCUT2D eigenvalue weighted by atomic mass is 15.1. The summed E-state index contributed by atoms with van der Waals surface area (Å²) < 4.78 is 45.9. The minimum Gasteiger partial charge on any atom is -0.310 e. The van der Waals surface area contributed by atoms with Crippen LogP contribution >= 0.6 is 0 Å². The molecule has 1 nitrogen and oxygen atoms in total. The van der Waals surface area contributed by atoms with Crippen LogP contribution in [0.25, 0.3) is 45.5 Å². The highest BCUT2D eigenvalue weighted by Gasteiger charge is 2.37. The monoisotopic (exact) mass is 571 g/mol. The molecule has 6 aromatic carbocycles. The van der Waals surface area contributed by atoms with Gasteiger partial charge in [-0.05, 0) is 80.4 Å². The first kappa shape index (κ1) is 21.3. The van der Waals surface area contributed by atoms with Gasteiger partial charge in [-0.2, -0.15) is 0 Å². The van der Waals surface area contributed by atoms with Crippen molar-refractivity contribution in [2.24, 2.45) is 0 Å². The molecule has 0 spiro atoms. The van der Waals surface area contributed by atoms with Crippen molar-refractivity contribution in [2.75, 3.05) is 4.90 Å². The van der Waals surface area contributed by atoms with E-state index in [2.05, 4.69) is 110 Å². The van der Waals surface area contributed by atoms with E-state index in [1.165, 1.54) is 22.3 Å². The van der Waals surface area contributed by atoms with Crippen LogP contribution < -0.4 is 4.90 Å². The Morgan fingerprint density at radius 2 is 1.00 bits per heavy atom. The van der Waals surface area contributed by atoms with Crippen molar-refractivity contribution in [1.29, 1.82) is 0 Å². The highest BCUT2D eigenvalue weighted by molar-refractivity contribution is 5.95. The van der Waals surface area contributed by atoms with Crippen LogP contribution in [0.3, 0.4) is 0 Å². The van der Waals surface area contributed by atoms with Crippen LogP contribution in [0, 0.1) is 0 Å². The fourth-order valence-electron chi connectivity index (χ4n) is 6.45. The number of fused-ring (bicyclic) bond motifs is 3. The van der Waals surface area contributed by atoms with E-state index in [1.54, 1.807) is 24.3 Å². The van der Waals surface area contributed by atoms with Gasteiger partial charge in [-0.1, -0.05) is 148 Å². The molecule has 0 atom stereocenters. The van der Waals surface area contributed by atoms with E-state index in [9.17, 15) is 0 Å². The van der Waals surface area contributed by atoms with Crippen molar-refractivity contribution < 1.29 is 8.22 Å². The van der Waals surface area contributed by atoms with Crippen molar-refractivity contribution in [3.05, 3.63) is 175 Å². The number of hydrogen-bond acceptors (Lipinski definition) is 1. The normalized spacial score (nSPS) is 14.4. The first-order valence-corrected chi connectivity index (χ1v) is 14.8. The zero-order valence-electron chi connectivity index (χ0n) is 30.7. The molecule has 1 aliphatic carbocycles. The lowest BCUT2D eigenvalue weighted by molar-refractivity contribution is 0.660. The van der Waals surface area contributed by atoms with E-state index in [-0.39, 0.29) is 17.5 Å². The second-order valence-electron chi connectivity index (χ2n) is 11.7. The van der Waals surface area contributed by atoms with Gasteiger partial charge in [0.2, 0.25) is 0 Å². The first-order valence-electron chi connectivity index (χ1n) is 17.8. The Labute approximate surface area is 269 Å². The summed E-state index contributed by atoms with van der Waals surface area (Å²) in [5, 5.41) is 0. The van der Waals surface area contributed by atoms with Crippen molar-refractivity contribution in [3.63, 3.8) is 0 Å². The molecule has 0 saturated heterocycles. The molecule has 0 saturated carbocycles. The molecule has 0 heterocycles. The van der Waals surface area contributed by atoms with Crippen molar-refractivity contribution in [3.8, 4) is 33.4 Å². The fraction of sp³-hybridized carbons (Fsp3) is 0.0698. The number of nitrogens with zero attached hydrogens (tertiary/aromatic N) is 1. The summed E-state index contributed by atoms with van der Waals surface area (Å²) in [7, 11) is 0. The Balaban J connectivity index is 1.31. The van der Waals surface area contributed by atoms with Crippen molar-refractivity contribution in [2.45, 2.75) is 19.3 Å². The van der Waals surface area contributed by atoms with Crippen LogP contribution in [0.1, 0.15) is 44.3 Å². The van der Waals surface area contributed by atoms with Gasteiger partial charge in [-0.25, -0.2) is 0 Å². The van der Waals surface area contributed by atoms with Crippen molar-refractivity contribution in [1.82, 2.24) is 0 Å². The lowest BCUT2D eigenvalue weighted by Crippen LogP contribution is -2.16. The highest BCUT2D eigenvalue weighted by Crippen LogP contribution is 2.54. The van der Waals surface area contributed by atoms with E-state index in [0.29, 0.717) is 11.1 Å². The topological polar surface area (TPSA) is 3.24 Å². The maximum absolute atomic E-state index is 7.98. The SMILES string of the molecule is [2H]C([2H])=C([2H])c1ccc(-c2ccc(N(c3ccc(-c4ccc(C([2H])=C([2H])[2H])cc4)cc3)c3cccc4c3-c3ccccc3C4(C)C)cc2)cc1. The fourth-order valence-corrected chi connectivity index (χ4v) is 6.45. The van der Waals surface area contributed by atoms with E-state index >= 15 is 0 Å². The number of anilines is 3. The lowest BCUT2D eigenvalue weighted by atomic mass is 9.82. The predicted octanol–water partition coefficient (Wildman–Crippen LogP) is 12.1. The van der Waals surface area contributed by atoms with Gasteiger partial charge in [0.1, 0.15) is 0 Å². The Bertz CT molecular complexity index is 2150. The summed E-state index contributed by atoms with van der Waals surface area (Å²) in [6.45, 7) is 3.56. The van der Waals surface area contributed by atoms with Crippen LogP contribution in [0.15, 0.2) is 153 Å². The van der Waals surface area contributed by atoms with Crippen LogP contribution in [-0.4, -0.2) is 0 Å². The van der Waals surface area contributed by atoms with Crippen LogP contribution in [0.5, 0.6) is 0 Å². The van der Waals surface area contributed by atoms with Crippen LogP contribution in [-0.2, 0) is 5.41 Å². The zero-order chi connectivity index (χ0) is 35.2. The number of rotatable bonds is 7. The first-order chi connectivity index (χ1) is 24.0. The molecule has 0 unspecified atom stereocenters. The third kappa shape index (κ3) is 4.68. The van der Waals surface area contributed by atoms with Gasteiger partial charge in [0.05, 0.1) is 13.9 Å². The Kier molecular flexibility index (Phi) is 5.34. The molecule has 0 bridgehead atoms. The third-order valence-electron chi connectivity index (χ3n) is 8.80. The summed E-state index contributed by atoms with van der Waals surface area (Å²) >= 11 is 0. The quantitative estimate of drug-likeness (QED) is 0.184. The number of hydrogen-bond donors (Lipinski definition) is 0. The lowest BCUT2D eigenvalue weighted by Gasteiger charge is -2.29. The molecular weight excluding hydrogens is 530 g/mol. The summed E-state index contributed by atoms with van der Waals surface area (Å²) in [6, 6.07) is 46.8. The maximum Gasteiger partial charge on any atom is 0.0623 e. The molecule has 7 rings (SSSR count). The third-order valence-corrected chi connectivity index (χ3v) is 8.80. The second kappa shape index (κ2) is 11.0. The van der Waals surface area contributed by atoms with Gasteiger partial charge in [-0.15, -0.1) is 0 Å². The smallest absolute Gasteiger partial charge is 0.0623 e. The summed E-state index contributed by atoms with van der Waals surface area (Å²) in [4.78, 5) is 2.30. The zero-order valence-corrected chi connectivity index (χ0v) is 24.7. The van der Waals surface area contributed by atoms with Crippen molar-refractivity contribution >= 4 is 29.2 Å². The van der Waals surface area contributed by atoms with Gasteiger partial charge >= 0.3 is 0 Å². The molecule has 6 aromatic rings. The average Bonchev–Trinajstić information content (AvgIpc) is 3.38. The van der Waals surface area contributed by atoms with E-state index < -0.39 is 13.1 Å². The molecule has 1 aliphatic rings. The number of benzene rings is 6. The Morgan fingerprint density at radius 3 is 1.50 bits per heavy atom. The molecule has 0 N–H and O–H groups in total. The Morgan fingerprint density at radius 1 is 0.545 bits per heavy atom. The van der Waals surface area contributed by atoms with Gasteiger partial charge in [-0.3, -0.25) is 0 Å². The molecule has 0 amide bonds. The predicted molar refractivity (Wildman–Crippen MR) is 190 cm³/mol. The van der Waals surface area contributed by atoms with Gasteiger partial charge in [0.25, 0.3) is 0 Å². The van der Waals surface area contributed by atoms with Gasteiger partial charge < -0.3 is 4.90 Å². The van der Waals surface area contributed by atoms with Crippen LogP contribution in [0.2, 0.25) is 0 Å². The van der Waals surface area contributed by atoms with E-state index in [4.69, 9.17) is 8.22 Å². The standard InChI is InChI=1S/C43H35N/c1-5-30-14-18-32(19-15-30)34-22-26-36(27-23-34)44(37-28-24-35(25-29-37)33-20-16-31(6-2)17-21-33)41-13-9-12-40-42(41)38-10-7-8-11-39(38)43(40,3)4/h5-29H,1-2H2,3-4H3/i1D2,2D2,5D,6D. The molecular formula is C43H35N. The molecule has 0 aliphatic heterocycles. The average molecular weight is 572 g/mol. The minimum atomic E-state index is -0.504. The van der Waals surface area contributed by atoms with Crippen LogP contribution in [0.4, 0.5) is 17.1 Å². The minimum absolute atomic E-state index is 0.100. The molecule has 44 heavy (non-hydrogen) atoms. The molecule has 1 heteroatoms. The summed E-state index contributed by atoms with van der Waals surface area (Å²) in [6.07, 6.45) is 0. The molecule has 0 radical (unpaired) electrons. The second-order valence-corrected chi connectivity index (χ2v) is 11.7. The van der Waals surface area contributed by atoms with Gasteiger partial charge in [0.15, 0.2) is 0 Å². The summed E-state index contributed by atoms with van der Waals surface area (Å²) in [5.74, 6) is 0. The molecule has 0 aromatic heterocycles.